The minimum atomic E-state index is -0.462. The Morgan fingerprint density at radius 1 is 1.40 bits per heavy atom. The molecule has 0 bridgehead atoms. The Morgan fingerprint density at radius 3 is 2.76 bits per heavy atom. The molecule has 0 aliphatic heterocycles. The summed E-state index contributed by atoms with van der Waals surface area (Å²) in [6, 6.07) is 6.37. The minimum absolute atomic E-state index is 0.0782. The van der Waals surface area contributed by atoms with Crippen molar-refractivity contribution in [2.45, 2.75) is 38.2 Å². The van der Waals surface area contributed by atoms with E-state index >= 15 is 0 Å². The number of rotatable bonds is 6. The third-order valence-electron chi connectivity index (χ3n) is 5.09. The van der Waals surface area contributed by atoms with E-state index < -0.39 is 6.10 Å². The highest BCUT2D eigenvalue weighted by Crippen LogP contribution is 2.40. The van der Waals surface area contributed by atoms with Gasteiger partial charge in [-0.25, -0.2) is 4.39 Å². The number of carbonyl (C=O) groups excluding carboxylic acids is 1. The second-order valence-corrected chi connectivity index (χ2v) is 7.05. The van der Waals surface area contributed by atoms with Crippen molar-refractivity contribution in [1.29, 1.82) is 0 Å². The Balaban J connectivity index is 1.64. The molecule has 2 N–H and O–H groups in total. The Kier molecular flexibility index (Phi) is 5.18. The Morgan fingerprint density at radius 2 is 2.16 bits per heavy atom. The lowest BCUT2D eigenvalue weighted by Gasteiger charge is -2.33. The monoisotopic (exact) mass is 345 g/mol. The van der Waals surface area contributed by atoms with Crippen LogP contribution in [0.5, 0.6) is 0 Å². The maximum atomic E-state index is 13.1. The van der Waals surface area contributed by atoms with E-state index in [1.165, 1.54) is 12.1 Å². The van der Waals surface area contributed by atoms with Crippen molar-refractivity contribution in [3.05, 3.63) is 53.6 Å². The lowest BCUT2D eigenvalue weighted by atomic mass is 9.78. The number of carbonyl (C=O) groups is 1. The molecule has 2 atom stereocenters. The lowest BCUT2D eigenvalue weighted by Crippen LogP contribution is -2.44. The van der Waals surface area contributed by atoms with Crippen LogP contribution in [0.2, 0.25) is 0 Å². The summed E-state index contributed by atoms with van der Waals surface area (Å²) in [6.07, 6.45) is 6.45. The van der Waals surface area contributed by atoms with Gasteiger partial charge in [0.1, 0.15) is 5.82 Å². The molecule has 1 aliphatic rings. The van der Waals surface area contributed by atoms with Gasteiger partial charge in [-0.1, -0.05) is 18.6 Å². The first-order valence-corrected chi connectivity index (χ1v) is 8.64. The standard InChI is InChI=1S/C19H24FN3O2/c1-23-12-15(11-22-23)9-18(25)21-13-19(8-2-3-17(19)24)10-14-4-6-16(20)7-5-14/h4-7,11-12,17,24H,2-3,8-10,13H2,1H3,(H,21,25)/t17-,19+/m1/s1. The molecule has 1 fully saturated rings. The fourth-order valence-electron chi connectivity index (χ4n) is 3.69. The zero-order valence-electron chi connectivity index (χ0n) is 14.4. The summed E-state index contributed by atoms with van der Waals surface area (Å²) in [5.41, 5.74) is 1.45. The molecule has 1 amide bonds. The van der Waals surface area contributed by atoms with Gasteiger partial charge in [-0.2, -0.15) is 5.10 Å². The third-order valence-corrected chi connectivity index (χ3v) is 5.09. The van der Waals surface area contributed by atoms with E-state index in [0.29, 0.717) is 13.0 Å². The molecule has 25 heavy (non-hydrogen) atoms. The summed E-state index contributed by atoms with van der Waals surface area (Å²) in [5, 5.41) is 17.6. The van der Waals surface area contributed by atoms with Crippen LogP contribution in [0.3, 0.4) is 0 Å². The van der Waals surface area contributed by atoms with Crippen molar-refractivity contribution in [1.82, 2.24) is 15.1 Å². The van der Waals surface area contributed by atoms with Gasteiger partial charge >= 0.3 is 0 Å². The molecule has 2 aromatic rings. The van der Waals surface area contributed by atoms with Crippen LogP contribution in [-0.2, 0) is 24.7 Å². The van der Waals surface area contributed by atoms with E-state index in [1.54, 1.807) is 23.0 Å². The van der Waals surface area contributed by atoms with Crippen LogP contribution in [0.1, 0.15) is 30.4 Å². The van der Waals surface area contributed by atoms with Crippen LogP contribution in [-0.4, -0.2) is 33.4 Å². The van der Waals surface area contributed by atoms with Crippen LogP contribution in [0.4, 0.5) is 4.39 Å². The molecule has 0 unspecified atom stereocenters. The number of hydrogen-bond donors (Lipinski definition) is 2. The van der Waals surface area contributed by atoms with Gasteiger partial charge in [0.15, 0.2) is 0 Å². The first-order chi connectivity index (χ1) is 12.0. The van der Waals surface area contributed by atoms with E-state index in [1.807, 2.05) is 13.2 Å². The van der Waals surface area contributed by atoms with Gasteiger partial charge in [0, 0.05) is 25.2 Å². The molecule has 1 aromatic heterocycles. The number of aliphatic hydroxyl groups is 1. The lowest BCUT2D eigenvalue weighted by molar-refractivity contribution is -0.121. The zero-order chi connectivity index (χ0) is 17.9. The van der Waals surface area contributed by atoms with Gasteiger partial charge in [0.05, 0.1) is 18.7 Å². The van der Waals surface area contributed by atoms with Crippen LogP contribution in [0.25, 0.3) is 0 Å². The average Bonchev–Trinajstić information content (AvgIpc) is 3.14. The van der Waals surface area contributed by atoms with Crippen molar-refractivity contribution in [2.75, 3.05) is 6.54 Å². The second kappa shape index (κ2) is 7.35. The van der Waals surface area contributed by atoms with E-state index in [9.17, 15) is 14.3 Å². The highest BCUT2D eigenvalue weighted by atomic mass is 19.1. The van der Waals surface area contributed by atoms with Crippen LogP contribution in [0, 0.1) is 11.2 Å². The number of nitrogens with one attached hydrogen (secondary N) is 1. The van der Waals surface area contributed by atoms with Gasteiger partial charge in [-0.05, 0) is 42.5 Å². The Bertz CT molecular complexity index is 729. The number of hydrogen-bond acceptors (Lipinski definition) is 3. The molecular formula is C19H24FN3O2. The highest BCUT2D eigenvalue weighted by molar-refractivity contribution is 5.78. The summed E-state index contributed by atoms with van der Waals surface area (Å²) >= 11 is 0. The van der Waals surface area contributed by atoms with Gasteiger partial charge in [0.2, 0.25) is 5.91 Å². The van der Waals surface area contributed by atoms with Crippen molar-refractivity contribution < 1.29 is 14.3 Å². The molecule has 1 aromatic carbocycles. The van der Waals surface area contributed by atoms with Gasteiger partial charge < -0.3 is 10.4 Å². The van der Waals surface area contributed by atoms with Crippen molar-refractivity contribution in [2.24, 2.45) is 12.5 Å². The predicted octanol–water partition coefficient (Wildman–Crippen LogP) is 1.99. The second-order valence-electron chi connectivity index (χ2n) is 7.05. The summed E-state index contributed by atoms with van der Waals surface area (Å²) in [5.74, 6) is -0.347. The molecule has 1 heterocycles. The van der Waals surface area contributed by atoms with E-state index in [0.717, 1.165) is 30.4 Å². The van der Waals surface area contributed by atoms with E-state index in [2.05, 4.69) is 10.4 Å². The van der Waals surface area contributed by atoms with E-state index in [-0.39, 0.29) is 23.6 Å². The number of halogens is 1. The predicted molar refractivity (Wildman–Crippen MR) is 92.3 cm³/mol. The summed E-state index contributed by atoms with van der Waals surface area (Å²) in [7, 11) is 1.81. The summed E-state index contributed by atoms with van der Waals surface area (Å²) in [6.45, 7) is 0.421. The van der Waals surface area contributed by atoms with Gasteiger partial charge in [-0.3, -0.25) is 9.48 Å². The Labute approximate surface area is 146 Å². The molecule has 0 saturated heterocycles. The largest absolute Gasteiger partial charge is 0.392 e. The topological polar surface area (TPSA) is 67.2 Å². The van der Waals surface area contributed by atoms with Crippen LogP contribution >= 0.6 is 0 Å². The zero-order valence-corrected chi connectivity index (χ0v) is 14.4. The smallest absolute Gasteiger partial charge is 0.224 e. The molecule has 6 heteroatoms. The summed E-state index contributed by atoms with van der Waals surface area (Å²) in [4.78, 5) is 12.2. The quantitative estimate of drug-likeness (QED) is 0.841. The normalized spacial score (nSPS) is 22.9. The fraction of sp³-hybridized carbons (Fsp3) is 0.474. The van der Waals surface area contributed by atoms with Crippen molar-refractivity contribution in [3.63, 3.8) is 0 Å². The molecule has 1 saturated carbocycles. The number of amides is 1. The molecule has 3 rings (SSSR count). The van der Waals surface area contributed by atoms with Gasteiger partial charge in [0.25, 0.3) is 0 Å². The van der Waals surface area contributed by atoms with Crippen LogP contribution < -0.4 is 5.32 Å². The van der Waals surface area contributed by atoms with Crippen molar-refractivity contribution >= 4 is 5.91 Å². The number of benzene rings is 1. The maximum absolute atomic E-state index is 13.1. The SMILES string of the molecule is Cn1cc(CC(=O)NC[C@@]2(Cc3ccc(F)cc3)CCC[C@H]2O)cn1. The Hall–Kier alpha value is -2.21. The van der Waals surface area contributed by atoms with Crippen molar-refractivity contribution in [3.8, 4) is 0 Å². The molecular weight excluding hydrogens is 321 g/mol. The minimum Gasteiger partial charge on any atom is -0.392 e. The molecule has 0 spiro atoms. The maximum Gasteiger partial charge on any atom is 0.224 e. The first kappa shape index (κ1) is 17.6. The average molecular weight is 345 g/mol. The third kappa shape index (κ3) is 4.25. The highest BCUT2D eigenvalue weighted by Gasteiger charge is 2.42. The molecule has 5 nitrogen and oxygen atoms in total. The molecule has 0 radical (unpaired) electrons. The van der Waals surface area contributed by atoms with Crippen LogP contribution in [0.15, 0.2) is 36.7 Å². The summed E-state index contributed by atoms with van der Waals surface area (Å²) < 4.78 is 14.8. The van der Waals surface area contributed by atoms with Gasteiger partial charge in [-0.15, -0.1) is 0 Å². The molecule has 134 valence electrons. The number of aryl methyl sites for hydroxylation is 1. The van der Waals surface area contributed by atoms with E-state index in [4.69, 9.17) is 0 Å². The number of nitrogens with zero attached hydrogens (tertiary/aromatic N) is 2. The molecule has 1 aliphatic carbocycles. The fourth-order valence-corrected chi connectivity index (χ4v) is 3.69. The number of aromatic nitrogens is 2. The number of aliphatic hydroxyl groups excluding tert-OH is 1. The first-order valence-electron chi connectivity index (χ1n) is 8.64.